The molecule has 0 aliphatic carbocycles. The zero-order chi connectivity index (χ0) is 19.0. The van der Waals surface area contributed by atoms with Gasteiger partial charge in [-0.2, -0.15) is 5.10 Å². The third-order valence-electron chi connectivity index (χ3n) is 4.80. The van der Waals surface area contributed by atoms with Crippen molar-refractivity contribution in [3.05, 3.63) is 65.5 Å². The fourth-order valence-corrected chi connectivity index (χ4v) is 3.82. The van der Waals surface area contributed by atoms with E-state index in [2.05, 4.69) is 9.82 Å². The standard InChI is InChI=1S/C18H17F2N5OS/c19-11-3-4-15(20)13(8-11)16-2-1-6-24(16)12-5-7-25-17(9-12)14(10-22-25)18(26)23-27-21/h3-5,7-10,16H,1-2,6,21H2,(H,23,26). The lowest BCUT2D eigenvalue weighted by atomic mass is 10.0. The van der Waals surface area contributed by atoms with Gasteiger partial charge in [0.15, 0.2) is 0 Å². The van der Waals surface area contributed by atoms with Crippen LogP contribution in [0.3, 0.4) is 0 Å². The van der Waals surface area contributed by atoms with Crippen LogP contribution in [0.25, 0.3) is 5.52 Å². The molecule has 1 saturated heterocycles. The number of amides is 1. The summed E-state index contributed by atoms with van der Waals surface area (Å²) in [6, 6.07) is 6.97. The van der Waals surface area contributed by atoms with Crippen molar-refractivity contribution in [2.45, 2.75) is 18.9 Å². The fourth-order valence-electron chi connectivity index (χ4n) is 3.60. The lowest BCUT2D eigenvalue weighted by Crippen LogP contribution is -2.23. The zero-order valence-electron chi connectivity index (χ0n) is 14.2. The van der Waals surface area contributed by atoms with Gasteiger partial charge in [0.25, 0.3) is 5.91 Å². The highest BCUT2D eigenvalue weighted by molar-refractivity contribution is 7.95. The van der Waals surface area contributed by atoms with Crippen molar-refractivity contribution in [1.29, 1.82) is 0 Å². The van der Waals surface area contributed by atoms with Gasteiger partial charge in [-0.3, -0.25) is 14.7 Å². The van der Waals surface area contributed by atoms with E-state index in [0.29, 0.717) is 23.2 Å². The van der Waals surface area contributed by atoms with Crippen LogP contribution in [0, 0.1) is 11.6 Å². The predicted molar refractivity (Wildman–Crippen MR) is 100 cm³/mol. The number of halogens is 2. The third kappa shape index (κ3) is 3.24. The maximum absolute atomic E-state index is 14.3. The van der Waals surface area contributed by atoms with Gasteiger partial charge >= 0.3 is 0 Å². The van der Waals surface area contributed by atoms with Crippen molar-refractivity contribution >= 4 is 29.2 Å². The second-order valence-electron chi connectivity index (χ2n) is 6.34. The van der Waals surface area contributed by atoms with Crippen LogP contribution in [0.4, 0.5) is 14.5 Å². The molecule has 1 atom stereocenters. The van der Waals surface area contributed by atoms with Crippen LogP contribution < -0.4 is 14.8 Å². The fraction of sp³-hybridized carbons (Fsp3) is 0.222. The Morgan fingerprint density at radius 1 is 1.30 bits per heavy atom. The molecule has 1 aliphatic rings. The Kier molecular flexibility index (Phi) is 4.71. The molecule has 3 heterocycles. The molecule has 0 radical (unpaired) electrons. The number of benzene rings is 1. The van der Waals surface area contributed by atoms with E-state index in [9.17, 15) is 13.6 Å². The van der Waals surface area contributed by atoms with Crippen molar-refractivity contribution < 1.29 is 13.6 Å². The molecule has 0 spiro atoms. The van der Waals surface area contributed by atoms with Crippen LogP contribution in [0.15, 0.2) is 42.7 Å². The van der Waals surface area contributed by atoms with Crippen LogP contribution in [0.2, 0.25) is 0 Å². The second kappa shape index (κ2) is 7.16. The minimum Gasteiger partial charge on any atom is -0.364 e. The third-order valence-corrected chi connectivity index (χ3v) is 5.11. The molecule has 9 heteroatoms. The van der Waals surface area contributed by atoms with E-state index in [-0.39, 0.29) is 11.9 Å². The summed E-state index contributed by atoms with van der Waals surface area (Å²) in [6.07, 6.45) is 4.80. The quantitative estimate of drug-likeness (QED) is 0.670. The molecule has 0 bridgehead atoms. The molecular weight excluding hydrogens is 372 g/mol. The maximum Gasteiger partial charge on any atom is 0.265 e. The lowest BCUT2D eigenvalue weighted by Gasteiger charge is -2.27. The average Bonchev–Trinajstić information content (AvgIpc) is 3.30. The van der Waals surface area contributed by atoms with Crippen LogP contribution in [-0.4, -0.2) is 22.1 Å². The smallest absolute Gasteiger partial charge is 0.265 e. The van der Waals surface area contributed by atoms with E-state index in [1.807, 2.05) is 17.0 Å². The molecule has 1 amide bonds. The Morgan fingerprint density at radius 2 is 2.15 bits per heavy atom. The first-order valence-electron chi connectivity index (χ1n) is 8.43. The van der Waals surface area contributed by atoms with Gasteiger partial charge in [-0.15, -0.1) is 0 Å². The molecular formula is C18H17F2N5OS. The number of carbonyl (C=O) groups excluding carboxylic acids is 1. The Bertz CT molecular complexity index is 1010. The number of carbonyl (C=O) groups is 1. The SMILES string of the molecule is NSNC(=O)c1cnn2ccc(N3CCCC3c3cc(F)ccc3F)cc12. The number of anilines is 1. The highest BCUT2D eigenvalue weighted by atomic mass is 32.2. The Morgan fingerprint density at radius 3 is 2.96 bits per heavy atom. The van der Waals surface area contributed by atoms with E-state index in [1.165, 1.54) is 12.3 Å². The van der Waals surface area contributed by atoms with E-state index < -0.39 is 11.6 Å². The monoisotopic (exact) mass is 389 g/mol. The molecule has 1 fully saturated rings. The van der Waals surface area contributed by atoms with Gasteiger partial charge in [-0.05, 0) is 43.2 Å². The molecule has 6 nitrogen and oxygen atoms in total. The highest BCUT2D eigenvalue weighted by Crippen LogP contribution is 2.38. The molecule has 140 valence electrons. The van der Waals surface area contributed by atoms with E-state index in [1.54, 1.807) is 10.7 Å². The number of aromatic nitrogens is 2. The zero-order valence-corrected chi connectivity index (χ0v) is 15.0. The van der Waals surface area contributed by atoms with Gasteiger partial charge in [0.2, 0.25) is 0 Å². The normalized spacial score (nSPS) is 16.9. The Labute approximate surface area is 158 Å². The predicted octanol–water partition coefficient (Wildman–Crippen LogP) is 3.21. The number of nitrogens with two attached hydrogens (primary N) is 1. The molecule has 3 aromatic rings. The number of hydrogen-bond donors (Lipinski definition) is 2. The first kappa shape index (κ1) is 17.7. The molecule has 3 N–H and O–H groups in total. The number of nitrogens with zero attached hydrogens (tertiary/aromatic N) is 3. The number of pyridine rings is 1. The number of hydrogen-bond acceptors (Lipinski definition) is 5. The summed E-state index contributed by atoms with van der Waals surface area (Å²) in [6.45, 7) is 0.713. The van der Waals surface area contributed by atoms with Crippen molar-refractivity contribution in [2.24, 2.45) is 5.14 Å². The van der Waals surface area contributed by atoms with Gasteiger partial charge in [0.05, 0.1) is 23.3 Å². The minimum atomic E-state index is -0.456. The van der Waals surface area contributed by atoms with Gasteiger partial charge in [0.1, 0.15) is 11.6 Å². The van der Waals surface area contributed by atoms with Crippen LogP contribution in [-0.2, 0) is 0 Å². The molecule has 4 rings (SSSR count). The van der Waals surface area contributed by atoms with Gasteiger partial charge in [-0.1, -0.05) is 0 Å². The molecule has 2 aromatic heterocycles. The molecule has 1 aromatic carbocycles. The topological polar surface area (TPSA) is 75.7 Å². The lowest BCUT2D eigenvalue weighted by molar-refractivity contribution is 0.0986. The molecule has 27 heavy (non-hydrogen) atoms. The number of nitrogens with one attached hydrogen (secondary N) is 1. The van der Waals surface area contributed by atoms with Crippen LogP contribution in [0.5, 0.6) is 0 Å². The number of fused-ring (bicyclic) bond motifs is 1. The largest absolute Gasteiger partial charge is 0.364 e. The summed E-state index contributed by atoms with van der Waals surface area (Å²) in [5.41, 5.74) is 2.17. The summed E-state index contributed by atoms with van der Waals surface area (Å²) in [5.74, 6) is -1.22. The average molecular weight is 389 g/mol. The van der Waals surface area contributed by atoms with E-state index in [4.69, 9.17) is 5.14 Å². The molecule has 1 unspecified atom stereocenters. The maximum atomic E-state index is 14.3. The van der Waals surface area contributed by atoms with E-state index in [0.717, 1.165) is 42.8 Å². The minimum absolute atomic E-state index is 0.261. The van der Waals surface area contributed by atoms with Crippen LogP contribution >= 0.6 is 12.1 Å². The summed E-state index contributed by atoms with van der Waals surface area (Å²) in [7, 11) is 0. The Balaban J connectivity index is 1.73. The van der Waals surface area contributed by atoms with Crippen molar-refractivity contribution in [1.82, 2.24) is 14.3 Å². The van der Waals surface area contributed by atoms with Crippen molar-refractivity contribution in [3.63, 3.8) is 0 Å². The first-order valence-corrected chi connectivity index (χ1v) is 9.31. The second-order valence-corrected chi connectivity index (χ2v) is 6.78. The van der Waals surface area contributed by atoms with Gasteiger partial charge < -0.3 is 4.90 Å². The molecule has 0 saturated carbocycles. The molecule has 1 aliphatic heterocycles. The summed E-state index contributed by atoms with van der Waals surface area (Å²) >= 11 is 0.722. The first-order chi connectivity index (χ1) is 13.1. The number of rotatable bonds is 4. The van der Waals surface area contributed by atoms with Gasteiger partial charge in [-0.25, -0.2) is 13.3 Å². The van der Waals surface area contributed by atoms with Gasteiger partial charge in [0, 0.05) is 36.1 Å². The van der Waals surface area contributed by atoms with Crippen molar-refractivity contribution in [3.8, 4) is 0 Å². The summed E-state index contributed by atoms with van der Waals surface area (Å²) in [5, 5.41) is 9.47. The summed E-state index contributed by atoms with van der Waals surface area (Å²) < 4.78 is 32.0. The van der Waals surface area contributed by atoms with Crippen molar-refractivity contribution in [2.75, 3.05) is 11.4 Å². The van der Waals surface area contributed by atoms with Crippen LogP contribution in [0.1, 0.15) is 34.8 Å². The Hall–Kier alpha value is -2.65. The van der Waals surface area contributed by atoms with E-state index >= 15 is 0 Å². The highest BCUT2D eigenvalue weighted by Gasteiger charge is 2.29. The summed E-state index contributed by atoms with van der Waals surface area (Å²) in [4.78, 5) is 14.2.